The number of aromatic nitrogens is 2. The Morgan fingerprint density at radius 2 is 0.613 bits per heavy atom. The molecule has 0 unspecified atom stereocenters. The average Bonchev–Trinajstić information content (AvgIpc) is 1.69. The van der Waals surface area contributed by atoms with Crippen molar-refractivity contribution >= 4 is 140 Å². The van der Waals surface area contributed by atoms with E-state index in [2.05, 4.69) is 95.0 Å². The van der Waals surface area contributed by atoms with Crippen LogP contribution in [0.1, 0.15) is 181 Å². The van der Waals surface area contributed by atoms with Gasteiger partial charge in [-0.2, -0.15) is 0 Å². The van der Waals surface area contributed by atoms with E-state index in [0.29, 0.717) is 77.1 Å². The fraction of sp³-hybridized carbons (Fsp3) is 0.525. The van der Waals surface area contributed by atoms with Gasteiger partial charge in [0.15, 0.2) is 0 Å². The average molecular weight is 2100 g/mol. The first-order chi connectivity index (χ1) is 71.1. The molecule has 0 fully saturated rings. The summed E-state index contributed by atoms with van der Waals surface area (Å²) in [7, 11) is 0. The van der Waals surface area contributed by atoms with Gasteiger partial charge in [-0.3, -0.25) is 95.9 Å². The number of nitrogens with two attached hydrogens (primary N) is 4. The summed E-state index contributed by atoms with van der Waals surface area (Å²) in [4.78, 5) is 288. The minimum absolute atomic E-state index is 0.0324. The number of hydrogen-bond acceptors (Lipinski definition) is 27. The molecule has 0 aliphatic heterocycles. The first kappa shape index (κ1) is 124. The number of aromatic hydroxyl groups is 1. The molecule has 0 saturated heterocycles. The van der Waals surface area contributed by atoms with Gasteiger partial charge in [-0.05, 0) is 175 Å². The van der Waals surface area contributed by atoms with Crippen LogP contribution < -0.4 is 108 Å². The normalized spacial score (nSPS) is 14.9. The van der Waals surface area contributed by atoms with E-state index in [9.17, 15) is 103 Å². The maximum Gasteiger partial charge on any atom is 0.305 e. The molecule has 6 aromatic rings. The second-order valence-electron chi connectivity index (χ2n) is 38.1. The number of hydrogen-bond donors (Lipinski definition) is 29. The smallest absolute Gasteiger partial charge is 0.305 e. The molecule has 6 rings (SSSR count). The van der Waals surface area contributed by atoms with Gasteiger partial charge in [0.25, 0.3) is 0 Å². The highest BCUT2D eigenvalue weighted by molar-refractivity contribution is 6.03. The van der Waals surface area contributed by atoms with Crippen LogP contribution in [-0.2, 0) is 122 Å². The van der Waals surface area contributed by atoms with Gasteiger partial charge < -0.3 is 154 Å². The molecule has 0 spiro atoms. The number of aliphatic carboxylic acids is 3. The summed E-state index contributed by atoms with van der Waals surface area (Å²) in [5, 5.41) is 114. The first-order valence-electron chi connectivity index (χ1n) is 49.8. The van der Waals surface area contributed by atoms with E-state index in [1.807, 2.05) is 0 Å². The number of carbonyl (C=O) groups excluding carboxylic acids is 17. The standard InChI is InChI=1S/C101H146N22O27/c1-52(2)43-72(91(140)118-77(48-81(133)134)94(143)116-76(47-61-50-107-66-28-16-14-26-64(61)66)96(145)121-82(53(3)4)98(147)113-69(31-19-22-42-104)88(137)110-68(30-18-21-41-103)87(136)109-67(86(105)135)29-17-20-40-102)114-92(141)73(45-59-32-34-62(128)35-33-59)115-90(139)71(37-39-80(131)132)111-89(138)70(36-38-79(129)130)112-93(142)75(46-60-49-106-65-27-15-13-25-63(60)65)117-97(146)78(51-124)120-100(149)85(56(8)126)123-95(144)74(44-58-23-11-10-12-24-58)119-99(148)83(54(5)6)122-101(150)84(55(7)125)108-57(9)127/h10-16,23-28,32-35,49-50,52-56,67-78,82-85,106-107,124-126,128H,17-22,29-31,36-48,51,102-104H2,1-9H3,(H2,105,135)(H,108,127)(H,109,136)(H,110,137)(H,111,138)(H,112,142)(H,113,147)(H,114,141)(H,115,139)(H,116,143)(H,117,146)(H,118,140)(H,119,148)(H,120,149)(H,121,145)(H,122,150)(H,123,144)(H,129,130)(H,131,132)(H,133,134)/t55-,56-,67+,68+,69+,70+,71+,72+,73+,74+,75+,76+,77+,78+,82+,83+,84+,85+/m1/s1. The molecule has 0 bridgehead atoms. The fourth-order valence-corrected chi connectivity index (χ4v) is 16.3. The molecule has 822 valence electrons. The molecule has 0 aliphatic carbocycles. The van der Waals surface area contributed by atoms with Gasteiger partial charge in [0.05, 0.1) is 25.2 Å². The van der Waals surface area contributed by atoms with Crippen LogP contribution in [0.25, 0.3) is 21.8 Å². The number of aromatic amines is 2. The number of carbonyl (C=O) groups is 20. The van der Waals surface area contributed by atoms with Crippen molar-refractivity contribution in [3.8, 4) is 5.75 Å². The van der Waals surface area contributed by atoms with Crippen LogP contribution in [0, 0.1) is 17.8 Å². The molecular formula is C101H146N22O27. The van der Waals surface area contributed by atoms with Crippen molar-refractivity contribution in [2.75, 3.05) is 26.2 Å². The van der Waals surface area contributed by atoms with Crippen molar-refractivity contribution in [2.45, 2.75) is 293 Å². The molecule has 150 heavy (non-hydrogen) atoms. The van der Waals surface area contributed by atoms with Gasteiger partial charge in [0, 0.05) is 79.6 Å². The Bertz CT molecular complexity index is 5580. The van der Waals surface area contributed by atoms with Gasteiger partial charge >= 0.3 is 17.9 Å². The third-order valence-corrected chi connectivity index (χ3v) is 24.6. The Balaban J connectivity index is 1.29. The lowest BCUT2D eigenvalue weighted by Gasteiger charge is -2.29. The van der Waals surface area contributed by atoms with Crippen LogP contribution in [0.2, 0.25) is 0 Å². The zero-order valence-electron chi connectivity index (χ0n) is 85.5. The van der Waals surface area contributed by atoms with Gasteiger partial charge in [-0.15, -0.1) is 0 Å². The number of carboxylic acids is 3. The summed E-state index contributed by atoms with van der Waals surface area (Å²) in [5.74, 6) is -25.4. The van der Waals surface area contributed by atoms with E-state index in [4.69, 9.17) is 22.9 Å². The van der Waals surface area contributed by atoms with E-state index >= 15 is 28.8 Å². The molecule has 33 N–H and O–H groups in total. The maximum absolute atomic E-state index is 15.2. The number of H-pyrrole nitrogens is 2. The van der Waals surface area contributed by atoms with Gasteiger partial charge in [0.1, 0.15) is 102 Å². The van der Waals surface area contributed by atoms with Crippen molar-refractivity contribution in [2.24, 2.45) is 40.7 Å². The number of amides is 17. The Labute approximate surface area is 866 Å². The Kier molecular flexibility index (Phi) is 51.3. The maximum atomic E-state index is 15.2. The number of carboxylic acid groups (broad SMARTS) is 3. The minimum Gasteiger partial charge on any atom is -0.508 e. The molecule has 17 amide bonds. The van der Waals surface area contributed by atoms with E-state index in [1.54, 1.807) is 120 Å². The van der Waals surface area contributed by atoms with Crippen molar-refractivity contribution in [1.29, 1.82) is 0 Å². The number of unbranched alkanes of at least 4 members (excludes halogenated alkanes) is 3. The molecule has 0 saturated carbocycles. The highest BCUT2D eigenvalue weighted by Gasteiger charge is 2.42. The predicted molar refractivity (Wildman–Crippen MR) is 546 cm³/mol. The number of phenolic OH excluding ortho intramolecular Hbond substituents is 1. The highest BCUT2D eigenvalue weighted by Crippen LogP contribution is 2.24. The van der Waals surface area contributed by atoms with Crippen LogP contribution >= 0.6 is 0 Å². The zero-order valence-corrected chi connectivity index (χ0v) is 85.5. The number of fused-ring (bicyclic) bond motifs is 2. The summed E-state index contributed by atoms with van der Waals surface area (Å²) in [6.45, 7) is 12.3. The molecule has 4 aromatic carbocycles. The molecule has 2 aromatic heterocycles. The third kappa shape index (κ3) is 40.9. The lowest BCUT2D eigenvalue weighted by atomic mass is 9.99. The van der Waals surface area contributed by atoms with E-state index in [1.165, 1.54) is 43.6 Å². The van der Waals surface area contributed by atoms with Crippen LogP contribution in [0.5, 0.6) is 5.75 Å². The van der Waals surface area contributed by atoms with Crippen molar-refractivity contribution in [3.63, 3.8) is 0 Å². The number of phenols is 1. The summed E-state index contributed by atoms with van der Waals surface area (Å²) in [6, 6.07) is -0.705. The largest absolute Gasteiger partial charge is 0.508 e. The Morgan fingerprint density at radius 1 is 0.313 bits per heavy atom. The second-order valence-corrected chi connectivity index (χ2v) is 38.1. The summed E-state index contributed by atoms with van der Waals surface area (Å²) in [5.41, 5.74) is 25.4. The number of nitrogens with one attached hydrogen (secondary N) is 18. The molecule has 0 aliphatic rings. The number of aliphatic hydroxyl groups is 3. The predicted octanol–water partition coefficient (Wildman–Crippen LogP) is -3.41. The lowest BCUT2D eigenvalue weighted by molar-refractivity contribution is -0.142. The fourth-order valence-electron chi connectivity index (χ4n) is 16.3. The minimum atomic E-state index is -2.10. The van der Waals surface area contributed by atoms with Crippen LogP contribution in [-0.4, -0.2) is 299 Å². The SMILES string of the molecule is CC(=O)N[C@H](C(=O)N[C@H](C(=O)N[C@@H](Cc1ccccc1)C(=O)N[C@H](C(=O)N[C@@H](CO)C(=O)N[C@@H](Cc1c[nH]c2ccccc12)C(=O)N[C@@H](CCC(=O)O)C(=O)N[C@@H](CCC(=O)O)C(=O)N[C@@H](Cc1ccc(O)cc1)C(=O)N[C@@H](CC(C)C)C(=O)N[C@@H](CC(=O)O)C(=O)N[C@@H](Cc1c[nH]c2ccccc12)C(=O)N[C@H](C(=O)N[C@@H](CCCCN)C(=O)N[C@@H](CCCCN)C(=O)N[C@@H](CCCCN)C(N)=O)C(C)C)[C@@H](C)O)C(C)C)[C@@H](C)O. The third-order valence-electron chi connectivity index (χ3n) is 24.6. The first-order valence-corrected chi connectivity index (χ1v) is 49.8. The Morgan fingerprint density at radius 3 is 1.01 bits per heavy atom. The molecular weight excluding hydrogens is 1950 g/mol. The van der Waals surface area contributed by atoms with Crippen LogP contribution in [0.3, 0.4) is 0 Å². The van der Waals surface area contributed by atoms with Crippen LogP contribution in [0.15, 0.2) is 116 Å². The summed E-state index contributed by atoms with van der Waals surface area (Å²) >= 11 is 0. The van der Waals surface area contributed by atoms with E-state index in [0.717, 1.165) is 13.8 Å². The Hall–Kier alpha value is -15.1. The van der Waals surface area contributed by atoms with Gasteiger partial charge in [-0.1, -0.05) is 120 Å². The number of benzene rings is 4. The van der Waals surface area contributed by atoms with Gasteiger partial charge in [0.2, 0.25) is 100 Å². The van der Waals surface area contributed by atoms with E-state index < -0.39 is 297 Å². The van der Waals surface area contributed by atoms with Crippen molar-refractivity contribution < 1.29 is 132 Å². The molecule has 18 atom stereocenters. The molecule has 49 heteroatoms. The highest BCUT2D eigenvalue weighted by atomic mass is 16.4. The van der Waals surface area contributed by atoms with Crippen molar-refractivity contribution in [1.82, 2.24) is 95.0 Å². The molecule has 0 radical (unpaired) electrons. The van der Waals surface area contributed by atoms with Gasteiger partial charge in [-0.25, -0.2) is 0 Å². The summed E-state index contributed by atoms with van der Waals surface area (Å²) in [6.07, 6.45) is -4.29. The number of para-hydroxylation sites is 2. The van der Waals surface area contributed by atoms with Crippen LogP contribution in [0.4, 0.5) is 0 Å². The number of primary amides is 1. The number of rotatable bonds is 67. The molecule has 49 nitrogen and oxygen atoms in total. The second kappa shape index (κ2) is 62.3. The zero-order chi connectivity index (χ0) is 111. The monoisotopic (exact) mass is 2100 g/mol. The lowest BCUT2D eigenvalue weighted by Crippen LogP contribution is -2.63. The summed E-state index contributed by atoms with van der Waals surface area (Å²) < 4.78 is 0. The molecule has 2 heterocycles. The van der Waals surface area contributed by atoms with Crippen molar-refractivity contribution in [3.05, 3.63) is 138 Å². The topological polar surface area (TPSA) is 811 Å². The number of aliphatic hydroxyl groups excluding tert-OH is 3. The van der Waals surface area contributed by atoms with E-state index in [-0.39, 0.29) is 69.3 Å². The quantitative estimate of drug-likeness (QED) is 0.0165.